The molecule has 0 spiro atoms. The van der Waals surface area contributed by atoms with Crippen LogP contribution in [0, 0.1) is 0 Å². The molecule has 0 amide bonds. The number of H-pyrrole nitrogens is 1. The van der Waals surface area contributed by atoms with Gasteiger partial charge in [0.25, 0.3) is 0 Å². The third-order valence-electron chi connectivity index (χ3n) is 19.6. The quantitative estimate of drug-likeness (QED) is 0.0361. The van der Waals surface area contributed by atoms with Crippen LogP contribution in [0.5, 0.6) is 0 Å². The van der Waals surface area contributed by atoms with Crippen LogP contribution in [0.1, 0.15) is 138 Å². The average molecular weight is 1640 g/mol. The van der Waals surface area contributed by atoms with Gasteiger partial charge in [-0.25, -0.2) is 63.0 Å². The highest BCUT2D eigenvalue weighted by molar-refractivity contribution is 6.65. The number of aromatic nitrogens is 15. The molecule has 0 saturated carbocycles. The zero-order chi connectivity index (χ0) is 85.5. The van der Waals surface area contributed by atoms with Crippen molar-refractivity contribution < 1.29 is 57.0 Å². The third-order valence-corrected chi connectivity index (χ3v) is 19.8. The van der Waals surface area contributed by atoms with Crippen molar-refractivity contribution in [2.75, 3.05) is 55.7 Å². The Kier molecular flexibility index (Phi) is 25.0. The summed E-state index contributed by atoms with van der Waals surface area (Å²) < 4.78 is 46.6. The van der Waals surface area contributed by atoms with Gasteiger partial charge in [-0.05, 0) is 137 Å². The van der Waals surface area contributed by atoms with Crippen LogP contribution in [0.25, 0.3) is 72.6 Å². The zero-order valence-electron chi connectivity index (χ0n) is 69.8. The van der Waals surface area contributed by atoms with Gasteiger partial charge in [0, 0.05) is 129 Å². The Morgan fingerprint density at radius 3 is 1.27 bits per heavy atom. The normalized spacial score (nSPS) is 13.0. The lowest BCUT2D eigenvalue weighted by molar-refractivity contribution is 0.00578. The molecule has 618 valence electrons. The third kappa shape index (κ3) is 18.6. The Balaban J connectivity index is 0.000000141. The van der Waals surface area contributed by atoms with E-state index in [0.29, 0.717) is 86.6 Å². The molecule has 1 fully saturated rings. The fourth-order valence-electron chi connectivity index (χ4n) is 13.4. The molecule has 1 saturated heterocycles. The molecule has 0 aliphatic carbocycles. The number of carbonyl (C=O) groups excluding carboxylic acids is 5. The summed E-state index contributed by atoms with van der Waals surface area (Å²) in [5.41, 5.74) is 8.67. The van der Waals surface area contributed by atoms with Crippen LogP contribution in [0.2, 0.25) is 5.15 Å². The van der Waals surface area contributed by atoms with Crippen molar-refractivity contribution in [2.45, 2.75) is 132 Å². The number of fused-ring (bicyclic) bond motifs is 6. The summed E-state index contributed by atoms with van der Waals surface area (Å²) in [7, 11) is 5.31. The standard InChI is InChI=1S/C29H30N6O4.C24H22N6O2.C18H25BN2O4.C17H17ClN4O2/c1-6-38-27(36)21-16-31-35-24(33(5)17-19-11-8-7-9-12-19)15-23(32-26(21)35)22-18-34(28(37)39-29(2,3)4)25-20(22)13-10-14-30-25;1-3-32-24(31)19-14-27-30-21(29(2)15-16-8-5-4-6-9-16)12-20(28-23(19)30)18-13-26-22-17(18)10-7-11-25-22;1-16(2,3)23-15(22)21-11-13(12-9-8-10-20-14(12)21)19-24-17(4,5)18(6,7)25-19;1-3-24-17(23)13-10-19-22-15(9-14(18)20-16(13)22)21(2)11-12-7-5-4-6-8-12/h7-16,18H,6,17H2,1-5H3;4-14H,3,15H2,1-2H3,(H,25,26);8-11H,1-7H3;4-10H,3,11H2,1-2H3. The van der Waals surface area contributed by atoms with Gasteiger partial charge in [0.15, 0.2) is 16.9 Å². The van der Waals surface area contributed by atoms with Crippen molar-refractivity contribution in [1.82, 2.24) is 72.9 Å². The summed E-state index contributed by atoms with van der Waals surface area (Å²) in [5, 5.41) is 16.0. The molecule has 1 aliphatic heterocycles. The van der Waals surface area contributed by atoms with Crippen LogP contribution in [0.15, 0.2) is 201 Å². The van der Waals surface area contributed by atoms with E-state index in [-0.39, 0.29) is 25.4 Å². The number of pyridine rings is 3. The van der Waals surface area contributed by atoms with Crippen molar-refractivity contribution in [2.24, 2.45) is 0 Å². The van der Waals surface area contributed by atoms with Crippen LogP contribution in [0.3, 0.4) is 0 Å². The minimum atomic E-state index is -0.681. The number of ether oxygens (including phenoxy) is 5. The minimum absolute atomic E-state index is 0.228. The van der Waals surface area contributed by atoms with E-state index >= 15 is 0 Å². The van der Waals surface area contributed by atoms with E-state index in [4.69, 9.17) is 54.6 Å². The van der Waals surface area contributed by atoms with Crippen molar-refractivity contribution in [1.29, 1.82) is 0 Å². The van der Waals surface area contributed by atoms with Gasteiger partial charge in [0.05, 0.1) is 61.0 Å². The highest BCUT2D eigenvalue weighted by Gasteiger charge is 2.53. The van der Waals surface area contributed by atoms with E-state index in [1.165, 1.54) is 27.7 Å². The van der Waals surface area contributed by atoms with E-state index in [9.17, 15) is 24.0 Å². The second kappa shape index (κ2) is 35.4. The zero-order valence-corrected chi connectivity index (χ0v) is 70.5. The number of anilines is 3. The van der Waals surface area contributed by atoms with E-state index in [1.807, 2.05) is 228 Å². The SMILES string of the molecule is CC(C)(C)OC(=O)n1cc(B2OC(C)(C)C(C)(C)O2)c2cccnc21.CCOC(=O)c1cnn2c(N(C)Cc3ccccc3)cc(-c3c[nH]c4ncccc34)nc12.CCOC(=O)c1cnn2c(N(C)Cc3ccccc3)cc(-c3cn(C(=O)OC(C)(C)C)c4ncccc34)nc12.CCOC(=O)c1cnn2c(N(C)Cc3ccccc3)cc(Cl)nc12. The maximum atomic E-state index is 13.1. The summed E-state index contributed by atoms with van der Waals surface area (Å²) in [4.78, 5) is 99.4. The molecule has 1 aliphatic rings. The molecule has 0 atom stereocenters. The largest absolute Gasteiger partial charge is 0.497 e. The van der Waals surface area contributed by atoms with E-state index in [1.54, 1.807) is 77.4 Å². The first kappa shape index (κ1) is 84.5. The molecule has 32 heteroatoms. The van der Waals surface area contributed by atoms with Gasteiger partial charge in [0.1, 0.15) is 67.4 Å². The molecule has 16 rings (SSSR count). The Hall–Kier alpha value is -13.4. The summed E-state index contributed by atoms with van der Waals surface area (Å²) in [5.74, 6) is 0.846. The molecular weight excluding hydrogens is 1550 g/mol. The number of rotatable bonds is 18. The van der Waals surface area contributed by atoms with Crippen LogP contribution < -0.4 is 20.2 Å². The number of benzene rings is 3. The van der Waals surface area contributed by atoms with Gasteiger partial charge >= 0.3 is 37.2 Å². The second-order valence-electron chi connectivity index (χ2n) is 31.3. The van der Waals surface area contributed by atoms with E-state index < -0.39 is 59.6 Å². The predicted molar refractivity (Wildman–Crippen MR) is 460 cm³/mol. The number of hydrogen-bond acceptors (Lipinski definition) is 24. The van der Waals surface area contributed by atoms with Gasteiger partial charge in [-0.1, -0.05) is 109 Å². The van der Waals surface area contributed by atoms with Crippen LogP contribution in [-0.2, 0) is 52.6 Å². The smallest absolute Gasteiger partial charge is 0.462 e. The molecule has 15 aromatic rings. The lowest BCUT2D eigenvalue weighted by atomic mass is 9.79. The van der Waals surface area contributed by atoms with Crippen molar-refractivity contribution in [3.63, 3.8) is 0 Å². The molecule has 13 heterocycles. The highest BCUT2D eigenvalue weighted by Crippen LogP contribution is 2.39. The predicted octanol–water partition coefficient (Wildman–Crippen LogP) is 15.7. The Morgan fingerprint density at radius 2 is 0.842 bits per heavy atom. The topological polar surface area (TPSA) is 315 Å². The molecule has 12 aromatic heterocycles. The van der Waals surface area contributed by atoms with Crippen LogP contribution >= 0.6 is 11.6 Å². The molecule has 0 unspecified atom stereocenters. The molecular formula is C88H94BClN18O12. The number of carbonyl (C=O) groups is 5. The first-order valence-corrected chi connectivity index (χ1v) is 39.5. The maximum absolute atomic E-state index is 13.1. The molecule has 0 radical (unpaired) electrons. The second-order valence-corrected chi connectivity index (χ2v) is 31.7. The number of aromatic amines is 1. The average Bonchev–Trinajstić information content (AvgIpc) is 1.60. The molecule has 1 N–H and O–H groups in total. The van der Waals surface area contributed by atoms with Gasteiger partial charge in [-0.2, -0.15) is 28.8 Å². The summed E-state index contributed by atoms with van der Waals surface area (Å²) in [6.07, 6.45) is 13.7. The van der Waals surface area contributed by atoms with Gasteiger partial charge < -0.3 is 52.7 Å². The number of halogens is 1. The lowest BCUT2D eigenvalue weighted by Gasteiger charge is -2.32. The molecule has 0 bridgehead atoms. The van der Waals surface area contributed by atoms with E-state index in [2.05, 4.69) is 57.2 Å². The monoisotopic (exact) mass is 1640 g/mol. The number of nitrogens with one attached hydrogen (secondary N) is 1. The summed E-state index contributed by atoms with van der Waals surface area (Å²) in [6, 6.07) is 47.2. The van der Waals surface area contributed by atoms with Crippen LogP contribution in [0.4, 0.5) is 27.0 Å². The van der Waals surface area contributed by atoms with Gasteiger partial charge in [-0.15, -0.1) is 0 Å². The van der Waals surface area contributed by atoms with Crippen LogP contribution in [-0.4, -0.2) is 173 Å². The number of nitrogens with zero attached hydrogens (tertiary/aromatic N) is 17. The fourth-order valence-corrected chi connectivity index (χ4v) is 13.5. The molecule has 120 heavy (non-hydrogen) atoms. The Bertz CT molecular complexity index is 6210. The number of esters is 3. The maximum Gasteiger partial charge on any atom is 0.497 e. The van der Waals surface area contributed by atoms with Gasteiger partial charge in [-0.3, -0.25) is 0 Å². The molecule has 3 aromatic carbocycles. The summed E-state index contributed by atoms with van der Waals surface area (Å²) >= 11 is 6.15. The first-order chi connectivity index (χ1) is 57.3. The Labute approximate surface area is 698 Å². The number of hydrogen-bond donors (Lipinski definition) is 1. The Morgan fingerprint density at radius 1 is 0.467 bits per heavy atom. The first-order valence-electron chi connectivity index (χ1n) is 39.1. The van der Waals surface area contributed by atoms with Crippen molar-refractivity contribution >= 4 is 122 Å². The lowest BCUT2D eigenvalue weighted by Crippen LogP contribution is -2.41. The molecule has 30 nitrogen and oxygen atoms in total. The fraction of sp³-hybridized carbons (Fsp3) is 0.295. The van der Waals surface area contributed by atoms with Crippen molar-refractivity contribution in [3.05, 3.63) is 240 Å². The highest BCUT2D eigenvalue weighted by atomic mass is 35.5. The van der Waals surface area contributed by atoms with Crippen molar-refractivity contribution in [3.8, 4) is 22.5 Å². The summed E-state index contributed by atoms with van der Waals surface area (Å²) in [6.45, 7) is 26.9. The van der Waals surface area contributed by atoms with Gasteiger partial charge in [0.2, 0.25) is 0 Å². The van der Waals surface area contributed by atoms with E-state index in [0.717, 1.165) is 61.5 Å². The minimum Gasteiger partial charge on any atom is -0.462 e.